The van der Waals surface area contributed by atoms with Crippen molar-refractivity contribution < 1.29 is 9.84 Å². The predicted octanol–water partition coefficient (Wildman–Crippen LogP) is 3.44. The van der Waals surface area contributed by atoms with Crippen molar-refractivity contribution in [3.05, 3.63) is 98.8 Å². The fourth-order valence-corrected chi connectivity index (χ4v) is 6.50. The molecule has 0 bridgehead atoms. The maximum Gasteiger partial charge on any atom is 0.280 e. The van der Waals surface area contributed by atoms with Crippen LogP contribution in [0, 0.1) is 5.41 Å². The first-order valence-electron chi connectivity index (χ1n) is 14.8. The summed E-state index contributed by atoms with van der Waals surface area (Å²) in [6.45, 7) is 7.12. The number of nitrogens with zero attached hydrogens (tertiary/aromatic N) is 6. The summed E-state index contributed by atoms with van der Waals surface area (Å²) in [5, 5.41) is 13.7. The van der Waals surface area contributed by atoms with Crippen LogP contribution in [-0.4, -0.2) is 54.9 Å². The Balaban J connectivity index is 1.24. The van der Waals surface area contributed by atoms with Crippen LogP contribution >= 0.6 is 0 Å². The van der Waals surface area contributed by atoms with Crippen LogP contribution in [-0.2, 0) is 31.2 Å². The van der Waals surface area contributed by atoms with Gasteiger partial charge in [-0.25, -0.2) is 9.97 Å². The minimum Gasteiger partial charge on any atom is -0.392 e. The van der Waals surface area contributed by atoms with Gasteiger partial charge >= 0.3 is 0 Å². The molecule has 5 aromatic heterocycles. The topological polar surface area (TPSA) is 119 Å². The summed E-state index contributed by atoms with van der Waals surface area (Å²) in [5.74, 6) is 0.888. The third-order valence-electron chi connectivity index (χ3n) is 8.65. The summed E-state index contributed by atoms with van der Waals surface area (Å²) in [5.41, 5.74) is 5.88. The molecule has 1 fully saturated rings. The number of aryl methyl sites for hydroxylation is 1. The molecule has 1 aliphatic carbocycles. The zero-order chi connectivity index (χ0) is 30.6. The van der Waals surface area contributed by atoms with Gasteiger partial charge in [0, 0.05) is 61.7 Å². The van der Waals surface area contributed by atoms with E-state index < -0.39 is 0 Å². The van der Waals surface area contributed by atoms with Crippen LogP contribution in [0.5, 0.6) is 0 Å². The van der Waals surface area contributed by atoms with E-state index in [1.165, 1.54) is 20.4 Å². The minimum absolute atomic E-state index is 0.173. The van der Waals surface area contributed by atoms with Crippen molar-refractivity contribution in [3.8, 4) is 16.9 Å². The number of morpholine rings is 1. The van der Waals surface area contributed by atoms with Crippen molar-refractivity contribution in [1.29, 1.82) is 0 Å². The highest BCUT2D eigenvalue weighted by atomic mass is 16.5. The molecule has 0 radical (unpaired) electrons. The molecule has 11 nitrogen and oxygen atoms in total. The number of pyridine rings is 3. The van der Waals surface area contributed by atoms with Crippen molar-refractivity contribution >= 4 is 22.7 Å². The number of anilines is 3. The highest BCUT2D eigenvalue weighted by molar-refractivity contribution is 5.73. The third-order valence-corrected chi connectivity index (χ3v) is 8.65. The summed E-state index contributed by atoms with van der Waals surface area (Å²) in [7, 11) is 1.68. The molecule has 0 aromatic carbocycles. The van der Waals surface area contributed by atoms with Crippen molar-refractivity contribution in [2.45, 2.75) is 33.3 Å². The van der Waals surface area contributed by atoms with Crippen LogP contribution < -0.4 is 21.3 Å². The molecule has 6 heterocycles. The lowest BCUT2D eigenvalue weighted by atomic mass is 9.90. The zero-order valence-corrected chi connectivity index (χ0v) is 25.1. The molecule has 0 atom stereocenters. The fourth-order valence-electron chi connectivity index (χ4n) is 6.50. The summed E-state index contributed by atoms with van der Waals surface area (Å²) < 4.78 is 10.4. The summed E-state index contributed by atoms with van der Waals surface area (Å²) in [4.78, 5) is 38.1. The molecule has 0 amide bonds. The second kappa shape index (κ2) is 10.8. The second-order valence-electron chi connectivity index (χ2n) is 12.4. The van der Waals surface area contributed by atoms with Gasteiger partial charge in [0.1, 0.15) is 22.8 Å². The second-order valence-corrected chi connectivity index (χ2v) is 12.4. The first-order chi connectivity index (χ1) is 21.2. The lowest BCUT2D eigenvalue weighted by molar-refractivity contribution is 0.122. The van der Waals surface area contributed by atoms with Gasteiger partial charge in [0.2, 0.25) is 0 Å². The van der Waals surface area contributed by atoms with E-state index in [-0.39, 0.29) is 23.1 Å². The van der Waals surface area contributed by atoms with Gasteiger partial charge in [-0.3, -0.25) is 14.2 Å². The number of aliphatic hydroxyl groups is 1. The van der Waals surface area contributed by atoms with Gasteiger partial charge in [-0.15, -0.1) is 0 Å². The van der Waals surface area contributed by atoms with E-state index in [0.717, 1.165) is 31.6 Å². The number of ether oxygens (including phenoxy) is 1. The highest BCUT2D eigenvalue weighted by Gasteiger charge is 2.32. The maximum atomic E-state index is 13.7. The number of aromatic nitrogens is 5. The Labute approximate surface area is 254 Å². The molecule has 11 heteroatoms. The molecule has 0 unspecified atom stereocenters. The quantitative estimate of drug-likeness (QED) is 0.308. The van der Waals surface area contributed by atoms with Crippen LogP contribution in [0.1, 0.15) is 30.7 Å². The number of fused-ring (bicyclic) bond motifs is 3. The molecular weight excluding hydrogens is 558 g/mol. The van der Waals surface area contributed by atoms with Crippen molar-refractivity contribution in [2.24, 2.45) is 12.5 Å². The molecule has 5 aromatic rings. The van der Waals surface area contributed by atoms with Gasteiger partial charge in [-0.05, 0) is 59.7 Å². The van der Waals surface area contributed by atoms with E-state index in [1.54, 1.807) is 44.0 Å². The standard InChI is InChI=1S/C33H35N7O4/c1-33(2)16-21-15-27-32(43)40(9-8-39(27)28(21)17-33)30-25(20-41)24(6-7-34-30)22-14-26(31(42)37(3)19-22)36-29-5-4-23(18-35-29)38-10-12-44-13-11-38/h4-9,14-15,18-19,41H,10-13,16-17,20H2,1-3H3,(H,35,36). The molecule has 1 saturated heterocycles. The fraction of sp³-hybridized carbons (Fsp3) is 0.333. The van der Waals surface area contributed by atoms with Gasteiger partial charge < -0.3 is 29.0 Å². The Morgan fingerprint density at radius 1 is 1.02 bits per heavy atom. The Hall–Kier alpha value is -4.74. The smallest absolute Gasteiger partial charge is 0.280 e. The van der Waals surface area contributed by atoms with E-state index in [9.17, 15) is 14.7 Å². The number of hydrogen-bond acceptors (Lipinski definition) is 8. The third kappa shape index (κ3) is 4.87. The van der Waals surface area contributed by atoms with Crippen molar-refractivity contribution in [1.82, 2.24) is 23.5 Å². The summed E-state index contributed by atoms with van der Waals surface area (Å²) >= 11 is 0. The Morgan fingerprint density at radius 3 is 2.59 bits per heavy atom. The van der Waals surface area contributed by atoms with Gasteiger partial charge in [-0.1, -0.05) is 13.8 Å². The van der Waals surface area contributed by atoms with Crippen LogP contribution in [0.4, 0.5) is 17.2 Å². The molecule has 2 aliphatic rings. The zero-order valence-electron chi connectivity index (χ0n) is 25.1. The number of rotatable bonds is 6. The maximum absolute atomic E-state index is 13.7. The van der Waals surface area contributed by atoms with Crippen LogP contribution in [0.2, 0.25) is 0 Å². The highest BCUT2D eigenvalue weighted by Crippen LogP contribution is 2.37. The lowest BCUT2D eigenvalue weighted by Gasteiger charge is -2.28. The molecule has 2 N–H and O–H groups in total. The van der Waals surface area contributed by atoms with Crippen molar-refractivity contribution in [2.75, 3.05) is 36.5 Å². The first-order valence-corrected chi connectivity index (χ1v) is 14.8. The molecule has 1 aliphatic heterocycles. The molecule has 44 heavy (non-hydrogen) atoms. The molecule has 7 rings (SSSR count). The first kappa shape index (κ1) is 28.1. The molecule has 0 spiro atoms. The largest absolute Gasteiger partial charge is 0.392 e. The van der Waals surface area contributed by atoms with E-state index in [2.05, 4.69) is 34.0 Å². The average molecular weight is 594 g/mol. The van der Waals surface area contributed by atoms with E-state index >= 15 is 0 Å². The van der Waals surface area contributed by atoms with E-state index in [0.29, 0.717) is 52.7 Å². The van der Waals surface area contributed by atoms with Crippen molar-refractivity contribution in [3.63, 3.8) is 0 Å². The average Bonchev–Trinajstić information content (AvgIpc) is 3.52. The van der Waals surface area contributed by atoms with E-state index in [1.807, 2.05) is 28.8 Å². The molecular formula is C33H35N7O4. The lowest BCUT2D eigenvalue weighted by Crippen LogP contribution is -2.36. The Bertz CT molecular complexity index is 2000. The Morgan fingerprint density at radius 2 is 1.84 bits per heavy atom. The van der Waals surface area contributed by atoms with Gasteiger partial charge in [0.25, 0.3) is 11.1 Å². The number of nitrogens with one attached hydrogen (secondary N) is 1. The predicted molar refractivity (Wildman–Crippen MR) is 169 cm³/mol. The van der Waals surface area contributed by atoms with Gasteiger partial charge in [0.15, 0.2) is 0 Å². The Kier molecular flexibility index (Phi) is 6.86. The van der Waals surface area contributed by atoms with Gasteiger partial charge in [0.05, 0.1) is 31.7 Å². The SMILES string of the molecule is Cn1cc(-c2ccnc(-n3ccn4c5c(cc4c3=O)CC(C)(C)C5)c2CO)cc(Nc2ccc(N3CCOCC3)cn2)c1=O. The molecule has 0 saturated carbocycles. The summed E-state index contributed by atoms with van der Waals surface area (Å²) in [6.07, 6.45) is 10.6. The van der Waals surface area contributed by atoms with Crippen LogP contribution in [0.3, 0.4) is 0 Å². The van der Waals surface area contributed by atoms with E-state index in [4.69, 9.17) is 4.74 Å². The molecule has 226 valence electrons. The summed E-state index contributed by atoms with van der Waals surface area (Å²) in [6, 6.07) is 9.33. The normalized spacial score (nSPS) is 16.0. The minimum atomic E-state index is -0.349. The number of aliphatic hydroxyl groups excluding tert-OH is 1. The van der Waals surface area contributed by atoms with Crippen LogP contribution in [0.15, 0.2) is 70.9 Å². The number of hydrogen-bond donors (Lipinski definition) is 2. The van der Waals surface area contributed by atoms with Gasteiger partial charge in [-0.2, -0.15) is 0 Å². The van der Waals surface area contributed by atoms with Crippen LogP contribution in [0.25, 0.3) is 22.5 Å². The monoisotopic (exact) mass is 593 g/mol.